The lowest BCUT2D eigenvalue weighted by molar-refractivity contribution is -0.131. The van der Waals surface area contributed by atoms with Crippen LogP contribution in [0.5, 0.6) is 0 Å². The molecule has 0 saturated carbocycles. The van der Waals surface area contributed by atoms with Crippen molar-refractivity contribution in [2.45, 2.75) is 19.4 Å². The number of nitrogens with zero attached hydrogens (tertiary/aromatic N) is 1. The third-order valence-electron chi connectivity index (χ3n) is 3.30. The van der Waals surface area contributed by atoms with Crippen molar-refractivity contribution in [2.24, 2.45) is 5.92 Å². The van der Waals surface area contributed by atoms with E-state index in [0.717, 1.165) is 32.5 Å². The standard InChI is InChI=1S/C15H19NO2/c17-15(18)9-8-14-7-4-10-16(12-14)11-13-5-2-1-3-6-13/h1-3,5-6,8-9,14H,4,7,10-12H2,(H,17,18)/b9-8+. The molecule has 3 heteroatoms. The van der Waals surface area contributed by atoms with Crippen molar-refractivity contribution >= 4 is 5.97 Å². The van der Waals surface area contributed by atoms with Gasteiger partial charge in [-0.05, 0) is 30.9 Å². The molecule has 0 amide bonds. The monoisotopic (exact) mass is 245 g/mol. The number of aliphatic carboxylic acids is 1. The Morgan fingerprint density at radius 2 is 2.17 bits per heavy atom. The molecule has 1 aromatic rings. The zero-order valence-electron chi connectivity index (χ0n) is 10.5. The molecule has 1 fully saturated rings. The quantitative estimate of drug-likeness (QED) is 0.829. The molecule has 1 N–H and O–H groups in total. The molecular formula is C15H19NO2. The molecule has 0 spiro atoms. The van der Waals surface area contributed by atoms with Crippen LogP contribution in [0.2, 0.25) is 0 Å². The van der Waals surface area contributed by atoms with Crippen LogP contribution in [0.1, 0.15) is 18.4 Å². The highest BCUT2D eigenvalue weighted by atomic mass is 16.4. The highest BCUT2D eigenvalue weighted by Crippen LogP contribution is 2.19. The lowest BCUT2D eigenvalue weighted by Crippen LogP contribution is -2.34. The number of hydrogen-bond acceptors (Lipinski definition) is 2. The van der Waals surface area contributed by atoms with Crippen LogP contribution in [-0.2, 0) is 11.3 Å². The maximum Gasteiger partial charge on any atom is 0.327 e. The summed E-state index contributed by atoms with van der Waals surface area (Å²) in [6.07, 6.45) is 5.34. The summed E-state index contributed by atoms with van der Waals surface area (Å²) in [7, 11) is 0. The van der Waals surface area contributed by atoms with E-state index < -0.39 is 5.97 Å². The van der Waals surface area contributed by atoms with Gasteiger partial charge in [-0.3, -0.25) is 4.90 Å². The number of hydrogen-bond donors (Lipinski definition) is 1. The fourth-order valence-electron chi connectivity index (χ4n) is 2.45. The molecule has 1 atom stereocenters. The molecule has 3 nitrogen and oxygen atoms in total. The van der Waals surface area contributed by atoms with Crippen molar-refractivity contribution in [2.75, 3.05) is 13.1 Å². The maximum atomic E-state index is 10.5. The van der Waals surface area contributed by atoms with Gasteiger partial charge in [0.05, 0.1) is 0 Å². The fraction of sp³-hybridized carbons (Fsp3) is 0.400. The van der Waals surface area contributed by atoms with Gasteiger partial charge in [-0.15, -0.1) is 0 Å². The van der Waals surface area contributed by atoms with E-state index in [9.17, 15) is 4.79 Å². The van der Waals surface area contributed by atoms with Crippen LogP contribution in [0.15, 0.2) is 42.5 Å². The van der Waals surface area contributed by atoms with Crippen molar-refractivity contribution in [3.8, 4) is 0 Å². The molecular weight excluding hydrogens is 226 g/mol. The molecule has 18 heavy (non-hydrogen) atoms. The second-order valence-electron chi connectivity index (χ2n) is 4.82. The van der Waals surface area contributed by atoms with Gasteiger partial charge in [0, 0.05) is 19.2 Å². The van der Waals surface area contributed by atoms with E-state index in [-0.39, 0.29) is 0 Å². The summed E-state index contributed by atoms with van der Waals surface area (Å²) in [6.45, 7) is 3.02. The van der Waals surface area contributed by atoms with Crippen LogP contribution in [0.25, 0.3) is 0 Å². The number of likely N-dealkylation sites (tertiary alicyclic amines) is 1. The van der Waals surface area contributed by atoms with Gasteiger partial charge in [-0.1, -0.05) is 36.4 Å². The molecule has 0 radical (unpaired) electrons. The second kappa shape index (κ2) is 6.36. The van der Waals surface area contributed by atoms with Crippen molar-refractivity contribution in [3.05, 3.63) is 48.0 Å². The molecule has 1 unspecified atom stereocenters. The molecule has 1 aliphatic heterocycles. The van der Waals surface area contributed by atoms with E-state index in [2.05, 4.69) is 29.2 Å². The summed E-state index contributed by atoms with van der Waals surface area (Å²) in [6, 6.07) is 10.4. The van der Waals surface area contributed by atoms with Gasteiger partial charge >= 0.3 is 5.97 Å². The highest BCUT2D eigenvalue weighted by molar-refractivity contribution is 5.79. The molecule has 1 saturated heterocycles. The van der Waals surface area contributed by atoms with Gasteiger partial charge in [-0.2, -0.15) is 0 Å². The van der Waals surface area contributed by atoms with Gasteiger partial charge in [-0.25, -0.2) is 4.79 Å². The maximum absolute atomic E-state index is 10.5. The van der Waals surface area contributed by atoms with E-state index >= 15 is 0 Å². The normalized spacial score (nSPS) is 21.2. The SMILES string of the molecule is O=C(O)/C=C/C1CCCN(Cc2ccccc2)C1. The predicted molar refractivity (Wildman–Crippen MR) is 71.2 cm³/mol. The molecule has 0 aromatic heterocycles. The topological polar surface area (TPSA) is 40.5 Å². The average molecular weight is 245 g/mol. The Morgan fingerprint density at radius 3 is 2.89 bits per heavy atom. The minimum absolute atomic E-state index is 0.374. The highest BCUT2D eigenvalue weighted by Gasteiger charge is 2.17. The first-order valence-corrected chi connectivity index (χ1v) is 6.41. The van der Waals surface area contributed by atoms with Crippen LogP contribution >= 0.6 is 0 Å². The van der Waals surface area contributed by atoms with Crippen LogP contribution < -0.4 is 0 Å². The average Bonchev–Trinajstić information content (AvgIpc) is 2.38. The lowest BCUT2D eigenvalue weighted by Gasteiger charge is -2.31. The number of carbonyl (C=O) groups is 1. The third-order valence-corrected chi connectivity index (χ3v) is 3.30. The Kier molecular flexibility index (Phi) is 4.53. The second-order valence-corrected chi connectivity index (χ2v) is 4.82. The number of carboxylic acid groups (broad SMARTS) is 1. The van der Waals surface area contributed by atoms with Crippen LogP contribution in [0, 0.1) is 5.92 Å². The summed E-state index contributed by atoms with van der Waals surface area (Å²) in [4.78, 5) is 12.9. The predicted octanol–water partition coefficient (Wildman–Crippen LogP) is 2.54. The first-order chi connectivity index (χ1) is 8.74. The van der Waals surface area contributed by atoms with Gasteiger partial charge in [0.1, 0.15) is 0 Å². The lowest BCUT2D eigenvalue weighted by atomic mass is 9.97. The van der Waals surface area contributed by atoms with Crippen LogP contribution in [-0.4, -0.2) is 29.1 Å². The van der Waals surface area contributed by atoms with E-state index in [1.54, 1.807) is 0 Å². The fourth-order valence-corrected chi connectivity index (χ4v) is 2.45. The number of carboxylic acids is 1. The van der Waals surface area contributed by atoms with Crippen molar-refractivity contribution in [3.63, 3.8) is 0 Å². The molecule has 1 aliphatic rings. The molecule has 96 valence electrons. The summed E-state index contributed by atoms with van der Waals surface area (Å²) in [5.74, 6) is -0.478. The summed E-state index contributed by atoms with van der Waals surface area (Å²) < 4.78 is 0. The van der Waals surface area contributed by atoms with E-state index in [1.807, 2.05) is 12.1 Å². The van der Waals surface area contributed by atoms with Gasteiger partial charge in [0.2, 0.25) is 0 Å². The summed E-state index contributed by atoms with van der Waals surface area (Å²) in [5, 5.41) is 8.64. The first kappa shape index (κ1) is 12.8. The zero-order valence-corrected chi connectivity index (χ0v) is 10.5. The smallest absolute Gasteiger partial charge is 0.327 e. The summed E-state index contributed by atoms with van der Waals surface area (Å²) in [5.41, 5.74) is 1.32. The Bertz CT molecular complexity index is 414. The number of benzene rings is 1. The van der Waals surface area contributed by atoms with Gasteiger partial charge < -0.3 is 5.11 Å². The number of rotatable bonds is 4. The first-order valence-electron chi connectivity index (χ1n) is 6.41. The number of piperidine rings is 1. The van der Waals surface area contributed by atoms with Gasteiger partial charge in [0.25, 0.3) is 0 Å². The Balaban J connectivity index is 1.89. The molecule has 2 rings (SSSR count). The minimum Gasteiger partial charge on any atom is -0.478 e. The molecule has 0 bridgehead atoms. The van der Waals surface area contributed by atoms with Crippen molar-refractivity contribution in [1.82, 2.24) is 4.90 Å². The Hall–Kier alpha value is -1.61. The molecule has 1 heterocycles. The Labute approximate surface area is 108 Å². The van der Waals surface area contributed by atoms with Crippen molar-refractivity contribution in [1.29, 1.82) is 0 Å². The van der Waals surface area contributed by atoms with E-state index in [1.165, 1.54) is 11.6 Å². The van der Waals surface area contributed by atoms with Crippen LogP contribution in [0.4, 0.5) is 0 Å². The third kappa shape index (κ3) is 4.00. The molecule has 1 aromatic carbocycles. The van der Waals surface area contributed by atoms with Crippen LogP contribution in [0.3, 0.4) is 0 Å². The minimum atomic E-state index is -0.852. The summed E-state index contributed by atoms with van der Waals surface area (Å²) >= 11 is 0. The van der Waals surface area contributed by atoms with E-state index in [0.29, 0.717) is 5.92 Å². The zero-order chi connectivity index (χ0) is 12.8. The van der Waals surface area contributed by atoms with Crippen molar-refractivity contribution < 1.29 is 9.90 Å². The largest absolute Gasteiger partial charge is 0.478 e. The van der Waals surface area contributed by atoms with Gasteiger partial charge in [0.15, 0.2) is 0 Å². The Morgan fingerprint density at radius 1 is 1.39 bits per heavy atom. The molecule has 0 aliphatic carbocycles. The van der Waals surface area contributed by atoms with E-state index in [4.69, 9.17) is 5.11 Å².